The normalized spacial score (nSPS) is 11.6. The summed E-state index contributed by atoms with van der Waals surface area (Å²) in [6, 6.07) is 3.52. The van der Waals surface area contributed by atoms with Gasteiger partial charge in [0.15, 0.2) is 11.6 Å². The summed E-state index contributed by atoms with van der Waals surface area (Å²) < 4.78 is 18.4. The van der Waals surface area contributed by atoms with Gasteiger partial charge in [0.25, 0.3) is 0 Å². The van der Waals surface area contributed by atoms with Gasteiger partial charge in [-0.05, 0) is 44.4 Å². The maximum Gasteiger partial charge on any atom is 0.167 e. The van der Waals surface area contributed by atoms with Crippen molar-refractivity contribution in [2.75, 3.05) is 7.11 Å². The predicted molar refractivity (Wildman–Crippen MR) is 59.7 cm³/mol. The molecule has 0 atom stereocenters. The Morgan fingerprint density at radius 1 is 1.40 bits per heavy atom. The number of ether oxygens (including phenoxy) is 1. The van der Waals surface area contributed by atoms with E-state index in [-0.39, 0.29) is 17.1 Å². The third kappa shape index (κ3) is 3.20. The second-order valence-corrected chi connectivity index (χ2v) is 4.59. The molecular formula is C12H18FNO. The monoisotopic (exact) mass is 211 g/mol. The van der Waals surface area contributed by atoms with Gasteiger partial charge in [-0.15, -0.1) is 0 Å². The van der Waals surface area contributed by atoms with Gasteiger partial charge in [0.1, 0.15) is 0 Å². The first-order chi connectivity index (χ1) is 6.83. The largest absolute Gasteiger partial charge is 0.494 e. The molecule has 0 radical (unpaired) electrons. The van der Waals surface area contributed by atoms with Crippen LogP contribution < -0.4 is 10.5 Å². The molecule has 1 aromatic rings. The quantitative estimate of drug-likeness (QED) is 0.833. The first kappa shape index (κ1) is 12.0. The third-order valence-electron chi connectivity index (χ3n) is 2.16. The molecule has 0 saturated heterocycles. The highest BCUT2D eigenvalue weighted by Gasteiger charge is 2.15. The minimum absolute atomic E-state index is 0.286. The van der Waals surface area contributed by atoms with E-state index < -0.39 is 0 Å². The van der Waals surface area contributed by atoms with Gasteiger partial charge in [-0.25, -0.2) is 4.39 Å². The number of aryl methyl sites for hydroxylation is 1. The van der Waals surface area contributed by atoms with Crippen molar-refractivity contribution in [3.8, 4) is 5.75 Å². The number of halogens is 1. The van der Waals surface area contributed by atoms with Crippen LogP contribution in [0.3, 0.4) is 0 Å². The third-order valence-corrected chi connectivity index (χ3v) is 2.16. The minimum Gasteiger partial charge on any atom is -0.494 e. The highest BCUT2D eigenvalue weighted by Crippen LogP contribution is 2.24. The van der Waals surface area contributed by atoms with E-state index in [9.17, 15) is 4.39 Å². The van der Waals surface area contributed by atoms with Crippen LogP contribution in [-0.4, -0.2) is 12.6 Å². The van der Waals surface area contributed by atoms with Crippen LogP contribution in [0.4, 0.5) is 4.39 Å². The molecule has 0 bridgehead atoms. The Hall–Kier alpha value is -1.09. The zero-order valence-corrected chi connectivity index (χ0v) is 9.73. The molecular weight excluding hydrogens is 193 g/mol. The van der Waals surface area contributed by atoms with E-state index in [2.05, 4.69) is 0 Å². The predicted octanol–water partition coefficient (Wildman–Crippen LogP) is 2.42. The Labute approximate surface area is 90.2 Å². The fourth-order valence-electron chi connectivity index (χ4n) is 1.59. The Bertz CT molecular complexity index is 355. The Morgan fingerprint density at radius 3 is 2.47 bits per heavy atom. The van der Waals surface area contributed by atoms with Gasteiger partial charge in [0.2, 0.25) is 0 Å². The van der Waals surface area contributed by atoms with Crippen molar-refractivity contribution in [3.63, 3.8) is 0 Å². The summed E-state index contributed by atoms with van der Waals surface area (Å²) in [6.07, 6.45) is 0.699. The first-order valence-corrected chi connectivity index (χ1v) is 4.95. The van der Waals surface area contributed by atoms with Gasteiger partial charge in [0, 0.05) is 5.54 Å². The molecule has 0 saturated carbocycles. The van der Waals surface area contributed by atoms with Crippen LogP contribution in [-0.2, 0) is 6.42 Å². The molecule has 0 amide bonds. The smallest absolute Gasteiger partial charge is 0.167 e. The van der Waals surface area contributed by atoms with Crippen molar-refractivity contribution in [1.29, 1.82) is 0 Å². The molecule has 0 heterocycles. The van der Waals surface area contributed by atoms with Crippen molar-refractivity contribution in [1.82, 2.24) is 0 Å². The lowest BCUT2D eigenvalue weighted by atomic mass is 9.95. The van der Waals surface area contributed by atoms with Gasteiger partial charge in [0.05, 0.1) is 7.11 Å². The van der Waals surface area contributed by atoms with Crippen LogP contribution in [0.1, 0.15) is 25.0 Å². The molecule has 0 aliphatic carbocycles. The lowest BCUT2D eigenvalue weighted by Gasteiger charge is -2.19. The fourth-order valence-corrected chi connectivity index (χ4v) is 1.59. The van der Waals surface area contributed by atoms with Crippen LogP contribution in [0.5, 0.6) is 5.75 Å². The maximum absolute atomic E-state index is 13.5. The minimum atomic E-state index is -0.296. The van der Waals surface area contributed by atoms with Crippen LogP contribution >= 0.6 is 0 Å². The molecule has 2 nitrogen and oxygen atoms in total. The summed E-state index contributed by atoms with van der Waals surface area (Å²) in [5, 5.41) is 0. The summed E-state index contributed by atoms with van der Waals surface area (Å²) in [5.74, 6) is -0.00896. The van der Waals surface area contributed by atoms with E-state index in [1.54, 1.807) is 13.0 Å². The number of benzene rings is 1. The van der Waals surface area contributed by atoms with E-state index in [1.807, 2.05) is 19.9 Å². The van der Waals surface area contributed by atoms with Gasteiger partial charge >= 0.3 is 0 Å². The van der Waals surface area contributed by atoms with Crippen LogP contribution in [0.2, 0.25) is 0 Å². The van der Waals surface area contributed by atoms with Crippen molar-refractivity contribution in [3.05, 3.63) is 29.1 Å². The SMILES string of the molecule is COc1cc(CC(C)(C)N)cc(C)c1F. The molecule has 0 unspecified atom stereocenters. The van der Waals surface area contributed by atoms with Gasteiger partial charge in [-0.1, -0.05) is 6.07 Å². The summed E-state index contributed by atoms with van der Waals surface area (Å²) in [7, 11) is 1.47. The first-order valence-electron chi connectivity index (χ1n) is 4.95. The number of hydrogen-bond donors (Lipinski definition) is 1. The molecule has 1 rings (SSSR count). The lowest BCUT2D eigenvalue weighted by Crippen LogP contribution is -2.34. The fraction of sp³-hybridized carbons (Fsp3) is 0.500. The summed E-state index contributed by atoms with van der Waals surface area (Å²) >= 11 is 0. The molecule has 0 aromatic heterocycles. The molecule has 0 aliphatic rings. The number of nitrogens with two attached hydrogens (primary N) is 1. The van der Waals surface area contributed by atoms with E-state index in [0.29, 0.717) is 12.0 Å². The van der Waals surface area contributed by atoms with E-state index in [1.165, 1.54) is 7.11 Å². The lowest BCUT2D eigenvalue weighted by molar-refractivity contribution is 0.383. The van der Waals surface area contributed by atoms with Crippen molar-refractivity contribution >= 4 is 0 Å². The second-order valence-electron chi connectivity index (χ2n) is 4.59. The van der Waals surface area contributed by atoms with Crippen molar-refractivity contribution < 1.29 is 9.13 Å². The standard InChI is InChI=1S/C12H18FNO/c1-8-5-9(7-12(2,3)14)6-10(15-4)11(8)13/h5-6H,7,14H2,1-4H3. The van der Waals surface area contributed by atoms with E-state index in [4.69, 9.17) is 10.5 Å². The zero-order chi connectivity index (χ0) is 11.6. The van der Waals surface area contributed by atoms with E-state index in [0.717, 1.165) is 5.56 Å². The topological polar surface area (TPSA) is 35.2 Å². The van der Waals surface area contributed by atoms with Crippen LogP contribution in [0.15, 0.2) is 12.1 Å². The molecule has 15 heavy (non-hydrogen) atoms. The number of hydrogen-bond acceptors (Lipinski definition) is 2. The molecule has 0 spiro atoms. The molecule has 3 heteroatoms. The van der Waals surface area contributed by atoms with Crippen LogP contribution in [0, 0.1) is 12.7 Å². The Kier molecular flexibility index (Phi) is 3.35. The Morgan fingerprint density at radius 2 is 2.00 bits per heavy atom. The summed E-state index contributed by atoms with van der Waals surface area (Å²) in [6.45, 7) is 5.61. The Balaban J connectivity index is 3.06. The van der Waals surface area contributed by atoms with Crippen molar-refractivity contribution in [2.45, 2.75) is 32.7 Å². The molecule has 2 N–H and O–H groups in total. The summed E-state index contributed by atoms with van der Waals surface area (Å²) in [4.78, 5) is 0. The molecule has 0 aliphatic heterocycles. The van der Waals surface area contributed by atoms with E-state index >= 15 is 0 Å². The zero-order valence-electron chi connectivity index (χ0n) is 9.73. The maximum atomic E-state index is 13.5. The van der Waals surface area contributed by atoms with Gasteiger partial charge in [-0.2, -0.15) is 0 Å². The number of methoxy groups -OCH3 is 1. The van der Waals surface area contributed by atoms with Crippen molar-refractivity contribution in [2.24, 2.45) is 5.73 Å². The highest BCUT2D eigenvalue weighted by molar-refractivity contribution is 5.36. The molecule has 1 aromatic carbocycles. The molecule has 84 valence electrons. The van der Waals surface area contributed by atoms with Gasteiger partial charge < -0.3 is 10.5 Å². The number of rotatable bonds is 3. The summed E-state index contributed by atoms with van der Waals surface area (Å²) in [5.41, 5.74) is 7.21. The molecule has 0 fully saturated rings. The highest BCUT2D eigenvalue weighted by atomic mass is 19.1. The van der Waals surface area contributed by atoms with Crippen LogP contribution in [0.25, 0.3) is 0 Å². The van der Waals surface area contributed by atoms with Gasteiger partial charge in [-0.3, -0.25) is 0 Å². The average Bonchev–Trinajstić information content (AvgIpc) is 2.08. The second kappa shape index (κ2) is 4.19. The average molecular weight is 211 g/mol.